The highest BCUT2D eigenvalue weighted by atomic mass is 127. The van der Waals surface area contributed by atoms with Gasteiger partial charge in [0, 0.05) is 20.5 Å². The zero-order valence-corrected chi connectivity index (χ0v) is 12.5. The van der Waals surface area contributed by atoms with Crippen molar-refractivity contribution in [2.24, 2.45) is 5.73 Å². The second-order valence-electron chi connectivity index (χ2n) is 4.03. The minimum absolute atomic E-state index is 0.183. The van der Waals surface area contributed by atoms with Gasteiger partial charge in [0.2, 0.25) is 0 Å². The summed E-state index contributed by atoms with van der Waals surface area (Å²) in [5, 5.41) is 5.22. The van der Waals surface area contributed by atoms with Crippen LogP contribution in [0.4, 0.5) is 16.2 Å². The third kappa shape index (κ3) is 3.95. The Morgan fingerprint density at radius 1 is 0.850 bits per heavy atom. The van der Waals surface area contributed by atoms with Crippen LogP contribution in [-0.4, -0.2) is 11.9 Å². The number of anilines is 2. The van der Waals surface area contributed by atoms with Crippen molar-refractivity contribution in [2.45, 2.75) is 0 Å². The summed E-state index contributed by atoms with van der Waals surface area (Å²) in [4.78, 5) is 22.7. The van der Waals surface area contributed by atoms with Gasteiger partial charge in [0.25, 0.3) is 5.91 Å². The van der Waals surface area contributed by atoms with Crippen molar-refractivity contribution in [3.63, 3.8) is 0 Å². The molecule has 0 aliphatic heterocycles. The number of nitrogens with two attached hydrogens (primary N) is 1. The Morgan fingerprint density at radius 3 is 1.85 bits per heavy atom. The van der Waals surface area contributed by atoms with Crippen LogP contribution in [0.3, 0.4) is 0 Å². The molecule has 2 aromatic carbocycles. The summed E-state index contributed by atoms with van der Waals surface area (Å²) in [6.45, 7) is 0. The lowest BCUT2D eigenvalue weighted by Crippen LogP contribution is -2.19. The molecule has 0 unspecified atom stereocenters. The topological polar surface area (TPSA) is 84.2 Å². The molecule has 2 aromatic rings. The molecular weight excluding hydrogens is 369 g/mol. The van der Waals surface area contributed by atoms with Crippen LogP contribution in [0.15, 0.2) is 48.5 Å². The smallest absolute Gasteiger partial charge is 0.316 e. The van der Waals surface area contributed by atoms with E-state index in [0.29, 0.717) is 16.9 Å². The van der Waals surface area contributed by atoms with Gasteiger partial charge in [-0.2, -0.15) is 0 Å². The van der Waals surface area contributed by atoms with Crippen LogP contribution in [0.1, 0.15) is 10.4 Å². The molecule has 20 heavy (non-hydrogen) atoms. The van der Waals surface area contributed by atoms with E-state index in [2.05, 4.69) is 33.2 Å². The van der Waals surface area contributed by atoms with Gasteiger partial charge in [-0.25, -0.2) is 4.79 Å². The quantitative estimate of drug-likeness (QED) is 0.715. The van der Waals surface area contributed by atoms with E-state index in [1.54, 1.807) is 36.4 Å². The molecule has 0 radical (unpaired) electrons. The van der Waals surface area contributed by atoms with Gasteiger partial charge < -0.3 is 16.4 Å². The Morgan fingerprint density at radius 2 is 1.35 bits per heavy atom. The Hall–Kier alpha value is -2.09. The average Bonchev–Trinajstić information content (AvgIpc) is 2.41. The van der Waals surface area contributed by atoms with E-state index in [-0.39, 0.29) is 5.91 Å². The first-order chi connectivity index (χ1) is 9.54. The first kappa shape index (κ1) is 14.3. The van der Waals surface area contributed by atoms with Gasteiger partial charge in [-0.15, -0.1) is 0 Å². The van der Waals surface area contributed by atoms with Crippen LogP contribution in [0.5, 0.6) is 0 Å². The number of rotatable bonds is 3. The van der Waals surface area contributed by atoms with Gasteiger partial charge in [0.15, 0.2) is 0 Å². The molecule has 6 heteroatoms. The fraction of sp³-hybridized carbons (Fsp3) is 0. The molecule has 0 saturated carbocycles. The van der Waals surface area contributed by atoms with Crippen molar-refractivity contribution >= 4 is 45.9 Å². The predicted molar refractivity (Wildman–Crippen MR) is 86.8 cm³/mol. The van der Waals surface area contributed by atoms with Crippen molar-refractivity contribution in [1.29, 1.82) is 0 Å². The Labute approximate surface area is 129 Å². The van der Waals surface area contributed by atoms with E-state index in [1.807, 2.05) is 12.1 Å². The maximum Gasteiger partial charge on any atom is 0.316 e. The fourth-order valence-corrected chi connectivity index (χ4v) is 1.94. The van der Waals surface area contributed by atoms with Gasteiger partial charge in [0.05, 0.1) is 0 Å². The monoisotopic (exact) mass is 381 g/mol. The number of carbonyl (C=O) groups excluding carboxylic acids is 2. The number of carbonyl (C=O) groups is 2. The molecule has 0 fully saturated rings. The SMILES string of the molecule is NC(=O)Nc1ccc(NC(=O)c2ccc(I)cc2)cc1. The van der Waals surface area contributed by atoms with Crippen LogP contribution in [0.2, 0.25) is 0 Å². The van der Waals surface area contributed by atoms with Crippen molar-refractivity contribution in [3.8, 4) is 0 Å². The Bertz CT molecular complexity index is 624. The molecule has 3 amide bonds. The molecule has 0 saturated heterocycles. The van der Waals surface area contributed by atoms with E-state index < -0.39 is 6.03 Å². The third-order valence-corrected chi connectivity index (χ3v) is 3.24. The van der Waals surface area contributed by atoms with Gasteiger partial charge in [0.1, 0.15) is 0 Å². The molecule has 0 aromatic heterocycles. The van der Waals surface area contributed by atoms with Gasteiger partial charge in [-0.05, 0) is 71.1 Å². The highest BCUT2D eigenvalue weighted by Gasteiger charge is 2.05. The number of hydrogen-bond donors (Lipinski definition) is 3. The van der Waals surface area contributed by atoms with E-state index in [0.717, 1.165) is 3.57 Å². The van der Waals surface area contributed by atoms with Crippen molar-refractivity contribution in [2.75, 3.05) is 10.6 Å². The summed E-state index contributed by atoms with van der Waals surface area (Å²) in [5.41, 5.74) is 6.81. The number of amides is 3. The second-order valence-corrected chi connectivity index (χ2v) is 5.27. The molecule has 5 nitrogen and oxygen atoms in total. The minimum Gasteiger partial charge on any atom is -0.351 e. The number of benzene rings is 2. The molecular formula is C14H12IN3O2. The molecule has 0 atom stereocenters. The number of halogens is 1. The standard InChI is InChI=1S/C14H12IN3O2/c15-10-3-1-9(2-4-10)13(19)17-11-5-7-12(8-6-11)18-14(16)20/h1-8H,(H,17,19)(H3,16,18,20). The Kier molecular flexibility index (Phi) is 4.57. The number of urea groups is 1. The second kappa shape index (κ2) is 6.38. The summed E-state index contributed by atoms with van der Waals surface area (Å²) < 4.78 is 1.07. The third-order valence-electron chi connectivity index (χ3n) is 2.52. The average molecular weight is 381 g/mol. The Balaban J connectivity index is 2.04. The molecule has 102 valence electrons. The lowest BCUT2D eigenvalue weighted by Gasteiger charge is -2.07. The van der Waals surface area contributed by atoms with Crippen molar-refractivity contribution in [3.05, 3.63) is 57.7 Å². The van der Waals surface area contributed by atoms with E-state index in [9.17, 15) is 9.59 Å². The van der Waals surface area contributed by atoms with Crippen LogP contribution >= 0.6 is 22.6 Å². The van der Waals surface area contributed by atoms with E-state index in [4.69, 9.17) is 5.73 Å². The predicted octanol–water partition coefficient (Wildman–Crippen LogP) is 3.03. The van der Waals surface area contributed by atoms with Crippen LogP contribution in [0.25, 0.3) is 0 Å². The van der Waals surface area contributed by atoms with Crippen LogP contribution in [0, 0.1) is 3.57 Å². The van der Waals surface area contributed by atoms with Gasteiger partial charge in [-0.3, -0.25) is 4.79 Å². The summed E-state index contributed by atoms with van der Waals surface area (Å²) in [6.07, 6.45) is 0. The highest BCUT2D eigenvalue weighted by molar-refractivity contribution is 14.1. The fourth-order valence-electron chi connectivity index (χ4n) is 1.58. The van der Waals surface area contributed by atoms with Crippen molar-refractivity contribution < 1.29 is 9.59 Å². The maximum absolute atomic E-state index is 12.0. The van der Waals surface area contributed by atoms with Crippen LogP contribution in [-0.2, 0) is 0 Å². The zero-order chi connectivity index (χ0) is 14.5. The summed E-state index contributed by atoms with van der Waals surface area (Å²) in [7, 11) is 0. The molecule has 0 heterocycles. The van der Waals surface area contributed by atoms with E-state index in [1.165, 1.54) is 0 Å². The first-order valence-electron chi connectivity index (χ1n) is 5.78. The van der Waals surface area contributed by atoms with Gasteiger partial charge >= 0.3 is 6.03 Å². The summed E-state index contributed by atoms with van der Waals surface area (Å²) in [6, 6.07) is 13.3. The molecule has 0 spiro atoms. The lowest BCUT2D eigenvalue weighted by molar-refractivity contribution is 0.102. The lowest BCUT2D eigenvalue weighted by atomic mass is 10.2. The van der Waals surface area contributed by atoms with Crippen molar-refractivity contribution in [1.82, 2.24) is 0 Å². The normalized spacial score (nSPS) is 9.85. The minimum atomic E-state index is -0.624. The molecule has 0 bridgehead atoms. The molecule has 0 aliphatic rings. The molecule has 4 N–H and O–H groups in total. The number of nitrogens with one attached hydrogen (secondary N) is 2. The molecule has 0 aliphatic carbocycles. The van der Waals surface area contributed by atoms with E-state index >= 15 is 0 Å². The summed E-state index contributed by atoms with van der Waals surface area (Å²) in [5.74, 6) is -0.183. The van der Waals surface area contributed by atoms with Crippen LogP contribution < -0.4 is 16.4 Å². The van der Waals surface area contributed by atoms with Gasteiger partial charge in [-0.1, -0.05) is 0 Å². The summed E-state index contributed by atoms with van der Waals surface area (Å²) >= 11 is 2.18. The zero-order valence-electron chi connectivity index (χ0n) is 10.4. The first-order valence-corrected chi connectivity index (χ1v) is 6.86. The number of hydrogen-bond acceptors (Lipinski definition) is 2. The number of primary amides is 1. The highest BCUT2D eigenvalue weighted by Crippen LogP contribution is 2.15. The largest absolute Gasteiger partial charge is 0.351 e. The molecule has 2 rings (SSSR count). The maximum atomic E-state index is 12.0.